The molecule has 0 aliphatic carbocycles. The first kappa shape index (κ1) is 12.3. The van der Waals surface area contributed by atoms with Crippen molar-refractivity contribution in [3.05, 3.63) is 22.9 Å². The molecule has 0 aliphatic rings. The lowest BCUT2D eigenvalue weighted by atomic mass is 10.0. The van der Waals surface area contributed by atoms with Crippen LogP contribution in [0.2, 0.25) is 0 Å². The molecule has 0 saturated heterocycles. The fourth-order valence-electron chi connectivity index (χ4n) is 1.45. The molecule has 4 nitrogen and oxygen atoms in total. The molecule has 0 radical (unpaired) electrons. The van der Waals surface area contributed by atoms with Crippen LogP contribution in [-0.4, -0.2) is 12.1 Å². The van der Waals surface area contributed by atoms with Crippen molar-refractivity contribution < 1.29 is 13.5 Å². The van der Waals surface area contributed by atoms with E-state index >= 15 is 0 Å². The number of hydrogen-bond acceptors (Lipinski definition) is 4. The van der Waals surface area contributed by atoms with E-state index in [0.717, 1.165) is 6.20 Å². The van der Waals surface area contributed by atoms with E-state index in [9.17, 15) is 8.78 Å². The van der Waals surface area contributed by atoms with Crippen molar-refractivity contribution in [2.75, 3.05) is 7.11 Å². The number of nitriles is 1. The van der Waals surface area contributed by atoms with Gasteiger partial charge in [-0.1, -0.05) is 0 Å². The highest BCUT2D eigenvalue weighted by molar-refractivity contribution is 5.42. The summed E-state index contributed by atoms with van der Waals surface area (Å²) in [6.45, 7) is 0.00769. The fourth-order valence-corrected chi connectivity index (χ4v) is 1.45. The quantitative estimate of drug-likeness (QED) is 0.847. The molecule has 0 amide bonds. The van der Waals surface area contributed by atoms with E-state index in [1.165, 1.54) is 7.11 Å². The van der Waals surface area contributed by atoms with Crippen LogP contribution in [0.5, 0.6) is 5.88 Å². The van der Waals surface area contributed by atoms with Gasteiger partial charge in [0.05, 0.1) is 19.6 Å². The SMILES string of the molecule is COc1ncc(C(F)F)c(CC#N)c1CN. The minimum atomic E-state index is -2.67. The second-order valence-corrected chi connectivity index (χ2v) is 3.02. The number of aromatic nitrogens is 1. The average Bonchev–Trinajstić information content (AvgIpc) is 2.28. The summed E-state index contributed by atoms with van der Waals surface area (Å²) in [6.07, 6.45) is -1.78. The second-order valence-electron chi connectivity index (χ2n) is 3.02. The van der Waals surface area contributed by atoms with Crippen LogP contribution in [0.3, 0.4) is 0 Å². The minimum absolute atomic E-state index is 0.00769. The van der Waals surface area contributed by atoms with Gasteiger partial charge in [0.1, 0.15) is 0 Å². The molecule has 0 unspecified atom stereocenters. The number of halogens is 2. The summed E-state index contributed by atoms with van der Waals surface area (Å²) in [6, 6.07) is 1.83. The zero-order valence-corrected chi connectivity index (χ0v) is 8.70. The number of nitrogens with zero attached hydrogens (tertiary/aromatic N) is 2. The molecule has 1 aromatic heterocycles. The van der Waals surface area contributed by atoms with Crippen molar-refractivity contribution >= 4 is 0 Å². The summed E-state index contributed by atoms with van der Waals surface area (Å²) in [5.74, 6) is 0.192. The van der Waals surface area contributed by atoms with Crippen LogP contribution < -0.4 is 10.5 Å². The predicted octanol–water partition coefficient (Wildman–Crippen LogP) is 1.55. The van der Waals surface area contributed by atoms with Gasteiger partial charge in [0.2, 0.25) is 5.88 Å². The van der Waals surface area contributed by atoms with Crippen molar-refractivity contribution in [2.24, 2.45) is 5.73 Å². The summed E-state index contributed by atoms with van der Waals surface area (Å²) in [7, 11) is 1.37. The molecular weight excluding hydrogens is 216 g/mol. The summed E-state index contributed by atoms with van der Waals surface area (Å²) < 4.78 is 30.3. The van der Waals surface area contributed by atoms with Crippen molar-refractivity contribution in [1.82, 2.24) is 4.98 Å². The zero-order valence-electron chi connectivity index (χ0n) is 8.70. The van der Waals surface area contributed by atoms with E-state index in [4.69, 9.17) is 15.7 Å². The van der Waals surface area contributed by atoms with Crippen molar-refractivity contribution in [3.8, 4) is 11.9 Å². The third-order valence-corrected chi connectivity index (χ3v) is 2.18. The van der Waals surface area contributed by atoms with Gasteiger partial charge in [-0.15, -0.1) is 0 Å². The highest BCUT2D eigenvalue weighted by atomic mass is 19.3. The Labute approximate surface area is 91.7 Å². The Hall–Kier alpha value is -1.74. The first-order valence-corrected chi connectivity index (χ1v) is 4.55. The van der Waals surface area contributed by atoms with Crippen LogP contribution in [0.25, 0.3) is 0 Å². The highest BCUT2D eigenvalue weighted by Gasteiger charge is 2.19. The summed E-state index contributed by atoms with van der Waals surface area (Å²) in [5, 5.41) is 8.61. The number of hydrogen-bond donors (Lipinski definition) is 1. The monoisotopic (exact) mass is 227 g/mol. The average molecular weight is 227 g/mol. The van der Waals surface area contributed by atoms with Gasteiger partial charge < -0.3 is 10.5 Å². The Balaban J connectivity index is 3.38. The molecule has 1 aromatic rings. The Morgan fingerprint density at radius 3 is 2.69 bits per heavy atom. The van der Waals surface area contributed by atoms with Crippen LogP contribution in [-0.2, 0) is 13.0 Å². The third kappa shape index (κ3) is 2.25. The van der Waals surface area contributed by atoms with Crippen molar-refractivity contribution in [2.45, 2.75) is 19.4 Å². The predicted molar refractivity (Wildman–Crippen MR) is 53.0 cm³/mol. The van der Waals surface area contributed by atoms with E-state index in [1.54, 1.807) is 0 Å². The lowest BCUT2D eigenvalue weighted by Crippen LogP contribution is -2.09. The van der Waals surface area contributed by atoms with E-state index < -0.39 is 6.43 Å². The second kappa shape index (κ2) is 5.37. The van der Waals surface area contributed by atoms with Crippen molar-refractivity contribution in [1.29, 1.82) is 5.26 Å². The highest BCUT2D eigenvalue weighted by Crippen LogP contribution is 2.29. The Kier molecular flexibility index (Phi) is 4.14. The number of ether oxygens (including phenoxy) is 1. The van der Waals surface area contributed by atoms with Crippen LogP contribution in [0, 0.1) is 11.3 Å². The molecule has 0 spiro atoms. The van der Waals surface area contributed by atoms with Gasteiger partial charge in [0.25, 0.3) is 6.43 Å². The van der Waals surface area contributed by atoms with E-state index in [0.29, 0.717) is 5.56 Å². The molecule has 1 rings (SSSR count). The smallest absolute Gasteiger partial charge is 0.265 e. The van der Waals surface area contributed by atoms with Crippen LogP contribution in [0.15, 0.2) is 6.20 Å². The number of nitrogens with two attached hydrogens (primary N) is 1. The van der Waals surface area contributed by atoms with Gasteiger partial charge >= 0.3 is 0 Å². The van der Waals surface area contributed by atoms with Gasteiger partial charge in [-0.25, -0.2) is 13.8 Å². The van der Waals surface area contributed by atoms with Crippen LogP contribution in [0.4, 0.5) is 8.78 Å². The lowest BCUT2D eigenvalue weighted by Gasteiger charge is -2.13. The molecule has 0 bridgehead atoms. The zero-order chi connectivity index (χ0) is 12.1. The topological polar surface area (TPSA) is 71.9 Å². The van der Waals surface area contributed by atoms with Crippen LogP contribution in [0.1, 0.15) is 23.1 Å². The number of methoxy groups -OCH3 is 1. The minimum Gasteiger partial charge on any atom is -0.481 e. The third-order valence-electron chi connectivity index (χ3n) is 2.18. The molecule has 0 atom stereocenters. The largest absolute Gasteiger partial charge is 0.481 e. The molecule has 1 heterocycles. The molecule has 0 fully saturated rings. The maximum atomic E-state index is 12.7. The molecular formula is C10H11F2N3O. The van der Waals surface area contributed by atoms with Gasteiger partial charge in [0.15, 0.2) is 0 Å². The Bertz CT molecular complexity index is 415. The lowest BCUT2D eigenvalue weighted by molar-refractivity contribution is 0.149. The number of rotatable bonds is 4. The Morgan fingerprint density at radius 1 is 1.56 bits per heavy atom. The summed E-state index contributed by atoms with van der Waals surface area (Å²) in [4.78, 5) is 3.74. The van der Waals surface area contributed by atoms with Gasteiger partial charge in [-0.3, -0.25) is 0 Å². The fraction of sp³-hybridized carbons (Fsp3) is 0.400. The maximum absolute atomic E-state index is 12.7. The Morgan fingerprint density at radius 2 is 2.25 bits per heavy atom. The van der Waals surface area contributed by atoms with Crippen molar-refractivity contribution in [3.63, 3.8) is 0 Å². The summed E-state index contributed by atoms with van der Waals surface area (Å²) >= 11 is 0. The molecule has 2 N–H and O–H groups in total. The van der Waals surface area contributed by atoms with Crippen LogP contribution >= 0.6 is 0 Å². The standard InChI is InChI=1S/C10H11F2N3O/c1-16-10-7(4-14)6(2-3-13)8(5-15-10)9(11)12/h5,9H,2,4,14H2,1H3. The molecule has 86 valence electrons. The molecule has 0 aromatic carbocycles. The molecule has 0 aliphatic heterocycles. The van der Waals surface area contributed by atoms with Gasteiger partial charge in [-0.2, -0.15) is 5.26 Å². The number of pyridine rings is 1. The first-order valence-electron chi connectivity index (χ1n) is 4.55. The molecule has 6 heteroatoms. The maximum Gasteiger partial charge on any atom is 0.265 e. The van der Waals surface area contributed by atoms with E-state index in [-0.39, 0.29) is 30.0 Å². The van der Waals surface area contributed by atoms with E-state index in [2.05, 4.69) is 4.98 Å². The van der Waals surface area contributed by atoms with E-state index in [1.807, 2.05) is 6.07 Å². The first-order chi connectivity index (χ1) is 7.65. The summed E-state index contributed by atoms with van der Waals surface area (Å²) in [5.41, 5.74) is 5.77. The number of alkyl halides is 2. The molecule has 0 saturated carbocycles. The van der Waals surface area contributed by atoms with Gasteiger partial charge in [0, 0.05) is 23.9 Å². The normalized spacial score (nSPS) is 10.2. The van der Waals surface area contributed by atoms with Gasteiger partial charge in [-0.05, 0) is 5.56 Å². The molecule has 16 heavy (non-hydrogen) atoms.